The average Bonchev–Trinajstić information content (AvgIpc) is 2.93. The fraction of sp³-hybridized carbons (Fsp3) is 0.647. The highest BCUT2D eigenvalue weighted by molar-refractivity contribution is 5.27. The van der Waals surface area contributed by atoms with Crippen LogP contribution < -0.4 is 5.32 Å². The minimum Gasteiger partial charge on any atom is -0.381 e. The van der Waals surface area contributed by atoms with Gasteiger partial charge in [-0.15, -0.1) is 0 Å². The normalized spacial score (nSPS) is 20.2. The molecular weight excluding hydrogens is 253 g/mol. The van der Waals surface area contributed by atoms with Crippen LogP contribution in [0.25, 0.3) is 0 Å². The van der Waals surface area contributed by atoms with E-state index in [0.717, 1.165) is 51.0 Å². The van der Waals surface area contributed by atoms with Crippen molar-refractivity contribution in [2.75, 3.05) is 19.8 Å². The van der Waals surface area contributed by atoms with Crippen molar-refractivity contribution in [3.63, 3.8) is 0 Å². The number of benzene rings is 1. The fourth-order valence-electron chi connectivity index (χ4n) is 2.88. The molecule has 0 amide bonds. The van der Waals surface area contributed by atoms with Crippen LogP contribution in [0.15, 0.2) is 18.2 Å². The van der Waals surface area contributed by atoms with Gasteiger partial charge in [-0.2, -0.15) is 0 Å². The van der Waals surface area contributed by atoms with Crippen molar-refractivity contribution in [3.05, 3.63) is 35.1 Å². The highest BCUT2D eigenvalue weighted by Crippen LogP contribution is 2.21. The molecule has 2 atom stereocenters. The minimum atomic E-state index is -0.135. The van der Waals surface area contributed by atoms with Gasteiger partial charge in [0, 0.05) is 19.3 Å². The van der Waals surface area contributed by atoms with Crippen LogP contribution in [-0.4, -0.2) is 25.8 Å². The molecule has 1 saturated heterocycles. The average molecular weight is 279 g/mol. The summed E-state index contributed by atoms with van der Waals surface area (Å²) in [5, 5.41) is 3.61. The maximum atomic E-state index is 13.4. The summed E-state index contributed by atoms with van der Waals surface area (Å²) < 4.78 is 18.9. The highest BCUT2D eigenvalue weighted by atomic mass is 19.1. The van der Waals surface area contributed by atoms with Gasteiger partial charge in [0.1, 0.15) is 5.82 Å². The molecule has 2 rings (SSSR count). The lowest BCUT2D eigenvalue weighted by molar-refractivity contribution is 0.181. The third-order valence-electron chi connectivity index (χ3n) is 4.10. The molecule has 20 heavy (non-hydrogen) atoms. The number of nitrogens with one attached hydrogen (secondary N) is 1. The van der Waals surface area contributed by atoms with E-state index in [-0.39, 0.29) is 5.82 Å². The summed E-state index contributed by atoms with van der Waals surface area (Å²) in [5.41, 5.74) is 2.30. The molecule has 3 heteroatoms. The first-order chi connectivity index (χ1) is 9.69. The van der Waals surface area contributed by atoms with Gasteiger partial charge in [-0.25, -0.2) is 4.39 Å². The van der Waals surface area contributed by atoms with E-state index in [4.69, 9.17) is 4.74 Å². The molecule has 1 fully saturated rings. The quantitative estimate of drug-likeness (QED) is 0.825. The van der Waals surface area contributed by atoms with E-state index in [2.05, 4.69) is 19.2 Å². The summed E-state index contributed by atoms with van der Waals surface area (Å²) in [7, 11) is 0. The highest BCUT2D eigenvalue weighted by Gasteiger charge is 2.21. The summed E-state index contributed by atoms with van der Waals surface area (Å²) in [4.78, 5) is 0. The van der Waals surface area contributed by atoms with Crippen molar-refractivity contribution < 1.29 is 9.13 Å². The molecule has 2 unspecified atom stereocenters. The summed E-state index contributed by atoms with van der Waals surface area (Å²) >= 11 is 0. The number of aryl methyl sites for hydroxylation is 1. The van der Waals surface area contributed by atoms with Gasteiger partial charge in [-0.05, 0) is 68.3 Å². The number of halogens is 1. The molecule has 1 aromatic carbocycles. The molecule has 1 aliphatic rings. The first-order valence-electron chi connectivity index (χ1n) is 7.75. The Morgan fingerprint density at radius 1 is 1.45 bits per heavy atom. The zero-order valence-corrected chi connectivity index (χ0v) is 12.6. The number of ether oxygens (including phenoxy) is 1. The molecule has 1 aliphatic heterocycles. The molecule has 0 bridgehead atoms. The van der Waals surface area contributed by atoms with Crippen LogP contribution in [0.1, 0.15) is 37.3 Å². The molecule has 0 spiro atoms. The van der Waals surface area contributed by atoms with Gasteiger partial charge in [-0.1, -0.05) is 13.0 Å². The molecule has 1 heterocycles. The lowest BCUT2D eigenvalue weighted by Crippen LogP contribution is -2.34. The maximum absolute atomic E-state index is 13.4. The smallest absolute Gasteiger partial charge is 0.123 e. The molecule has 1 aromatic rings. The largest absolute Gasteiger partial charge is 0.381 e. The Morgan fingerprint density at radius 2 is 2.30 bits per heavy atom. The third-order valence-corrected chi connectivity index (χ3v) is 4.10. The Bertz CT molecular complexity index is 415. The molecule has 0 aromatic heterocycles. The van der Waals surface area contributed by atoms with Crippen LogP contribution in [0.5, 0.6) is 0 Å². The van der Waals surface area contributed by atoms with Crippen molar-refractivity contribution in [2.45, 2.75) is 45.6 Å². The van der Waals surface area contributed by atoms with E-state index in [1.807, 2.05) is 6.07 Å². The number of hydrogen-bond donors (Lipinski definition) is 1. The Balaban J connectivity index is 1.99. The summed E-state index contributed by atoms with van der Waals surface area (Å²) in [6.07, 6.45) is 4.31. The summed E-state index contributed by atoms with van der Waals surface area (Å²) in [6.45, 7) is 7.03. The SMILES string of the molecule is CCCNC(Cc1cc(F)ccc1C)CC1CCOC1. The molecular formula is C17H26FNO. The summed E-state index contributed by atoms with van der Waals surface area (Å²) in [6, 6.07) is 5.52. The maximum Gasteiger partial charge on any atom is 0.123 e. The lowest BCUT2D eigenvalue weighted by atomic mass is 9.92. The predicted molar refractivity (Wildman–Crippen MR) is 80.5 cm³/mol. The lowest BCUT2D eigenvalue weighted by Gasteiger charge is -2.22. The van der Waals surface area contributed by atoms with E-state index >= 15 is 0 Å². The Kier molecular flexibility index (Phi) is 5.99. The van der Waals surface area contributed by atoms with Gasteiger partial charge >= 0.3 is 0 Å². The number of hydrogen-bond acceptors (Lipinski definition) is 2. The van der Waals surface area contributed by atoms with E-state index < -0.39 is 0 Å². The van der Waals surface area contributed by atoms with Crippen LogP contribution in [0.2, 0.25) is 0 Å². The zero-order valence-electron chi connectivity index (χ0n) is 12.6. The van der Waals surface area contributed by atoms with Gasteiger partial charge in [0.25, 0.3) is 0 Å². The van der Waals surface area contributed by atoms with Gasteiger partial charge in [0.2, 0.25) is 0 Å². The number of rotatable bonds is 7. The molecule has 0 radical (unpaired) electrons. The van der Waals surface area contributed by atoms with Crippen LogP contribution >= 0.6 is 0 Å². The molecule has 1 N–H and O–H groups in total. The van der Waals surface area contributed by atoms with Gasteiger partial charge in [0.05, 0.1) is 0 Å². The van der Waals surface area contributed by atoms with Gasteiger partial charge < -0.3 is 10.1 Å². The molecule has 0 saturated carbocycles. The van der Waals surface area contributed by atoms with Crippen LogP contribution in [0.3, 0.4) is 0 Å². The third kappa shape index (κ3) is 4.57. The minimum absolute atomic E-state index is 0.135. The first-order valence-corrected chi connectivity index (χ1v) is 7.75. The van der Waals surface area contributed by atoms with E-state index in [1.54, 1.807) is 6.07 Å². The van der Waals surface area contributed by atoms with E-state index in [9.17, 15) is 4.39 Å². The molecule has 2 nitrogen and oxygen atoms in total. The van der Waals surface area contributed by atoms with E-state index in [1.165, 1.54) is 11.6 Å². The second kappa shape index (κ2) is 7.75. The topological polar surface area (TPSA) is 21.3 Å². The van der Waals surface area contributed by atoms with Crippen molar-refractivity contribution in [1.82, 2.24) is 5.32 Å². The van der Waals surface area contributed by atoms with Crippen LogP contribution in [0, 0.1) is 18.7 Å². The predicted octanol–water partition coefficient (Wildman–Crippen LogP) is 3.47. The van der Waals surface area contributed by atoms with Crippen LogP contribution in [-0.2, 0) is 11.2 Å². The monoisotopic (exact) mass is 279 g/mol. The second-order valence-corrected chi connectivity index (χ2v) is 5.89. The molecule has 0 aliphatic carbocycles. The van der Waals surface area contributed by atoms with Gasteiger partial charge in [0.15, 0.2) is 0 Å². The zero-order chi connectivity index (χ0) is 14.4. The molecule has 112 valence electrons. The van der Waals surface area contributed by atoms with Crippen molar-refractivity contribution in [3.8, 4) is 0 Å². The fourth-order valence-corrected chi connectivity index (χ4v) is 2.88. The Hall–Kier alpha value is -0.930. The Morgan fingerprint density at radius 3 is 3.00 bits per heavy atom. The second-order valence-electron chi connectivity index (χ2n) is 5.89. The van der Waals surface area contributed by atoms with E-state index in [0.29, 0.717) is 12.0 Å². The van der Waals surface area contributed by atoms with Crippen molar-refractivity contribution in [2.24, 2.45) is 5.92 Å². The standard InChI is InChI=1S/C17H26FNO/c1-3-7-19-17(9-14-6-8-20-12-14)11-15-10-16(18)5-4-13(15)2/h4-5,10,14,17,19H,3,6-9,11-12H2,1-2H3. The van der Waals surface area contributed by atoms with Crippen molar-refractivity contribution in [1.29, 1.82) is 0 Å². The Labute approximate surface area is 121 Å². The van der Waals surface area contributed by atoms with Gasteiger partial charge in [-0.3, -0.25) is 0 Å². The van der Waals surface area contributed by atoms with Crippen LogP contribution in [0.4, 0.5) is 4.39 Å². The summed E-state index contributed by atoms with van der Waals surface area (Å²) in [5.74, 6) is 0.516. The van der Waals surface area contributed by atoms with Crippen molar-refractivity contribution >= 4 is 0 Å². The first kappa shape index (κ1) is 15.5.